The Morgan fingerprint density at radius 3 is 2.67 bits per heavy atom. The molecule has 15 heavy (non-hydrogen) atoms. The van der Waals surface area contributed by atoms with Gasteiger partial charge in [-0.1, -0.05) is 18.2 Å². The minimum Gasteiger partial charge on any atom is -0.421 e. The van der Waals surface area contributed by atoms with Gasteiger partial charge in [0.1, 0.15) is 5.52 Å². The molecular formula is C12H7NO2. The van der Waals surface area contributed by atoms with Gasteiger partial charge in [0.25, 0.3) is 0 Å². The zero-order valence-electron chi connectivity index (χ0n) is 7.81. The Balaban J connectivity index is 2.70. The first-order valence-electron chi connectivity index (χ1n) is 4.63. The second-order valence-electron chi connectivity index (χ2n) is 3.29. The first-order valence-corrected chi connectivity index (χ1v) is 4.63. The van der Waals surface area contributed by atoms with E-state index < -0.39 is 0 Å². The summed E-state index contributed by atoms with van der Waals surface area (Å²) in [6, 6.07) is 10.8. The number of pyridine rings is 1. The van der Waals surface area contributed by atoms with E-state index in [1.54, 1.807) is 24.4 Å². The number of benzene rings is 1. The SMILES string of the molecule is O=c1oc2cccnc2c2ccccc12. The van der Waals surface area contributed by atoms with E-state index in [1.807, 2.05) is 18.2 Å². The van der Waals surface area contributed by atoms with E-state index >= 15 is 0 Å². The summed E-state index contributed by atoms with van der Waals surface area (Å²) in [6.07, 6.45) is 1.69. The van der Waals surface area contributed by atoms with Gasteiger partial charge in [-0.3, -0.25) is 4.98 Å². The van der Waals surface area contributed by atoms with Gasteiger partial charge in [-0.05, 0) is 18.2 Å². The van der Waals surface area contributed by atoms with Crippen LogP contribution in [-0.2, 0) is 0 Å². The van der Waals surface area contributed by atoms with Crippen LogP contribution in [0.4, 0.5) is 0 Å². The third-order valence-corrected chi connectivity index (χ3v) is 2.38. The van der Waals surface area contributed by atoms with Crippen LogP contribution in [0.25, 0.3) is 21.9 Å². The lowest BCUT2D eigenvalue weighted by Gasteiger charge is -1.99. The van der Waals surface area contributed by atoms with Crippen LogP contribution in [0.3, 0.4) is 0 Å². The Morgan fingerprint density at radius 1 is 1.00 bits per heavy atom. The molecule has 0 radical (unpaired) electrons. The first-order chi connectivity index (χ1) is 7.36. The van der Waals surface area contributed by atoms with Crippen molar-refractivity contribution in [2.24, 2.45) is 0 Å². The Bertz CT molecular complexity index is 700. The van der Waals surface area contributed by atoms with Gasteiger partial charge in [0.05, 0.1) is 5.39 Å². The average molecular weight is 197 g/mol. The third-order valence-electron chi connectivity index (χ3n) is 2.38. The molecule has 0 unspecified atom stereocenters. The molecule has 3 rings (SSSR count). The lowest BCUT2D eigenvalue weighted by Crippen LogP contribution is -1.99. The van der Waals surface area contributed by atoms with Crippen molar-refractivity contribution in [3.8, 4) is 0 Å². The molecular weight excluding hydrogens is 190 g/mol. The molecule has 0 saturated carbocycles. The minimum absolute atomic E-state index is 0.314. The van der Waals surface area contributed by atoms with Crippen molar-refractivity contribution >= 4 is 21.9 Å². The minimum atomic E-state index is -0.314. The van der Waals surface area contributed by atoms with E-state index in [-0.39, 0.29) is 5.63 Å². The molecule has 3 nitrogen and oxygen atoms in total. The van der Waals surface area contributed by atoms with Gasteiger partial charge >= 0.3 is 5.63 Å². The third kappa shape index (κ3) is 1.13. The van der Waals surface area contributed by atoms with E-state index in [1.165, 1.54) is 0 Å². The van der Waals surface area contributed by atoms with Gasteiger partial charge in [0.15, 0.2) is 5.58 Å². The van der Waals surface area contributed by atoms with Gasteiger partial charge in [-0.25, -0.2) is 4.79 Å². The Labute approximate surface area is 85.0 Å². The highest BCUT2D eigenvalue weighted by Gasteiger charge is 2.05. The molecule has 1 aromatic carbocycles. The Kier molecular flexibility index (Phi) is 1.59. The molecule has 0 saturated heterocycles. The molecule has 3 aromatic rings. The summed E-state index contributed by atoms with van der Waals surface area (Å²) in [7, 11) is 0. The van der Waals surface area contributed by atoms with Crippen molar-refractivity contribution in [3.63, 3.8) is 0 Å². The fraction of sp³-hybridized carbons (Fsp3) is 0. The maximum Gasteiger partial charge on any atom is 0.344 e. The molecule has 0 bridgehead atoms. The number of aromatic nitrogens is 1. The van der Waals surface area contributed by atoms with Gasteiger partial charge in [-0.2, -0.15) is 0 Å². The normalized spacial score (nSPS) is 10.9. The van der Waals surface area contributed by atoms with Crippen LogP contribution < -0.4 is 5.63 Å². The maximum absolute atomic E-state index is 11.6. The van der Waals surface area contributed by atoms with Crippen LogP contribution in [0.15, 0.2) is 51.8 Å². The summed E-state index contributed by atoms with van der Waals surface area (Å²) < 4.78 is 5.16. The van der Waals surface area contributed by atoms with Crippen molar-refractivity contribution in [2.75, 3.05) is 0 Å². The first kappa shape index (κ1) is 8.17. The van der Waals surface area contributed by atoms with E-state index in [2.05, 4.69) is 4.98 Å². The molecule has 0 aliphatic heterocycles. The van der Waals surface area contributed by atoms with Crippen molar-refractivity contribution in [1.82, 2.24) is 4.98 Å². The molecule has 0 fully saturated rings. The summed E-state index contributed by atoms with van der Waals surface area (Å²) in [6.45, 7) is 0. The quantitative estimate of drug-likeness (QED) is 0.519. The molecule has 0 atom stereocenters. The molecule has 72 valence electrons. The lowest BCUT2D eigenvalue weighted by atomic mass is 10.1. The van der Waals surface area contributed by atoms with E-state index in [0.717, 1.165) is 10.9 Å². The van der Waals surface area contributed by atoms with Crippen molar-refractivity contribution < 1.29 is 4.42 Å². The van der Waals surface area contributed by atoms with E-state index in [4.69, 9.17) is 4.42 Å². The van der Waals surface area contributed by atoms with Crippen LogP contribution in [0.2, 0.25) is 0 Å². The van der Waals surface area contributed by atoms with Crippen molar-refractivity contribution in [3.05, 3.63) is 53.0 Å². The van der Waals surface area contributed by atoms with Gasteiger partial charge in [0.2, 0.25) is 0 Å². The van der Waals surface area contributed by atoms with Crippen molar-refractivity contribution in [1.29, 1.82) is 0 Å². The summed E-state index contributed by atoms with van der Waals surface area (Å²) in [4.78, 5) is 15.8. The van der Waals surface area contributed by atoms with E-state index in [9.17, 15) is 4.79 Å². The lowest BCUT2D eigenvalue weighted by molar-refractivity contribution is 0.568. The predicted octanol–water partition coefficient (Wildman–Crippen LogP) is 2.34. The zero-order valence-corrected chi connectivity index (χ0v) is 7.81. The molecule has 0 aliphatic carbocycles. The Hall–Kier alpha value is -2.16. The number of rotatable bonds is 0. The number of hydrogen-bond acceptors (Lipinski definition) is 3. The smallest absolute Gasteiger partial charge is 0.344 e. The highest BCUT2D eigenvalue weighted by molar-refractivity contribution is 6.01. The summed E-state index contributed by atoms with van der Waals surface area (Å²) in [5.74, 6) is 0. The van der Waals surface area contributed by atoms with Gasteiger partial charge in [0, 0.05) is 11.6 Å². The number of hydrogen-bond donors (Lipinski definition) is 0. The van der Waals surface area contributed by atoms with Crippen molar-refractivity contribution in [2.45, 2.75) is 0 Å². The number of nitrogens with zero attached hydrogens (tertiary/aromatic N) is 1. The standard InChI is InChI=1S/C12H7NO2/c14-12-9-5-2-1-4-8(9)11-10(15-12)6-3-7-13-11/h1-7H. The van der Waals surface area contributed by atoms with Crippen LogP contribution >= 0.6 is 0 Å². The average Bonchev–Trinajstić information content (AvgIpc) is 2.30. The monoisotopic (exact) mass is 197 g/mol. The fourth-order valence-electron chi connectivity index (χ4n) is 1.70. The second-order valence-corrected chi connectivity index (χ2v) is 3.29. The van der Waals surface area contributed by atoms with Crippen LogP contribution in [0, 0.1) is 0 Å². The maximum atomic E-state index is 11.6. The molecule has 0 spiro atoms. The Morgan fingerprint density at radius 2 is 1.80 bits per heavy atom. The van der Waals surface area contributed by atoms with Gasteiger partial charge in [-0.15, -0.1) is 0 Å². The van der Waals surface area contributed by atoms with Gasteiger partial charge < -0.3 is 4.42 Å². The zero-order chi connectivity index (χ0) is 10.3. The van der Waals surface area contributed by atoms with Crippen LogP contribution in [0.5, 0.6) is 0 Å². The number of fused-ring (bicyclic) bond motifs is 3. The molecule has 0 aliphatic rings. The molecule has 0 amide bonds. The summed E-state index contributed by atoms with van der Waals surface area (Å²) in [5, 5.41) is 1.41. The topological polar surface area (TPSA) is 43.1 Å². The predicted molar refractivity (Wildman–Crippen MR) is 57.8 cm³/mol. The fourth-order valence-corrected chi connectivity index (χ4v) is 1.70. The molecule has 2 heterocycles. The van der Waals surface area contributed by atoms with E-state index in [0.29, 0.717) is 11.0 Å². The van der Waals surface area contributed by atoms with Crippen LogP contribution in [0.1, 0.15) is 0 Å². The summed E-state index contributed by atoms with van der Waals surface area (Å²) >= 11 is 0. The highest BCUT2D eigenvalue weighted by atomic mass is 16.4. The largest absolute Gasteiger partial charge is 0.421 e. The van der Waals surface area contributed by atoms with Crippen LogP contribution in [-0.4, -0.2) is 4.98 Å². The second kappa shape index (κ2) is 2.92. The molecule has 2 aromatic heterocycles. The summed E-state index contributed by atoms with van der Waals surface area (Å²) in [5.41, 5.74) is 0.944. The molecule has 0 N–H and O–H groups in total. The highest BCUT2D eigenvalue weighted by Crippen LogP contribution is 2.19. The molecule has 3 heteroatoms.